The molecule has 0 aliphatic carbocycles. The number of hydrogen-bond donors (Lipinski definition) is 0. The largest absolute Gasteiger partial charge is 0.295 e. The van der Waals surface area contributed by atoms with E-state index in [-0.39, 0.29) is 11.6 Å². The molecule has 2 rings (SSSR count). The maximum Gasteiger partial charge on any atom is 0.177 e. The third kappa shape index (κ3) is 3.74. The highest BCUT2D eigenvalue weighted by Crippen LogP contribution is 2.21. The molecule has 0 radical (unpaired) electrons. The number of carbonyl (C=O) groups is 1. The second-order valence-corrected chi connectivity index (χ2v) is 6.51. The SMILES string of the molecule is Cc1cc(C(=O)CN(C)Cc2cccc(F)c2)c(C)s1. The Morgan fingerprint density at radius 3 is 2.65 bits per heavy atom. The monoisotopic (exact) mass is 291 g/mol. The molecule has 1 heterocycles. The van der Waals surface area contributed by atoms with E-state index in [4.69, 9.17) is 0 Å². The number of halogens is 1. The van der Waals surface area contributed by atoms with Gasteiger partial charge in [0.1, 0.15) is 5.82 Å². The molecule has 106 valence electrons. The summed E-state index contributed by atoms with van der Waals surface area (Å²) in [5.74, 6) is -0.128. The summed E-state index contributed by atoms with van der Waals surface area (Å²) >= 11 is 1.64. The normalized spacial score (nSPS) is 11.1. The lowest BCUT2D eigenvalue weighted by atomic mass is 10.1. The van der Waals surface area contributed by atoms with E-state index >= 15 is 0 Å². The standard InChI is InChI=1S/C16H18FNOS/c1-11-7-15(12(2)20-11)16(19)10-18(3)9-13-5-4-6-14(17)8-13/h4-8H,9-10H2,1-3H3. The van der Waals surface area contributed by atoms with E-state index in [1.165, 1.54) is 12.1 Å². The fraction of sp³-hybridized carbons (Fsp3) is 0.312. The maximum absolute atomic E-state index is 13.1. The van der Waals surface area contributed by atoms with Gasteiger partial charge in [-0.1, -0.05) is 12.1 Å². The van der Waals surface area contributed by atoms with Crippen molar-refractivity contribution in [2.75, 3.05) is 13.6 Å². The van der Waals surface area contributed by atoms with E-state index in [0.717, 1.165) is 20.9 Å². The Kier molecular flexibility index (Phi) is 4.68. The van der Waals surface area contributed by atoms with Gasteiger partial charge in [0.25, 0.3) is 0 Å². The molecule has 20 heavy (non-hydrogen) atoms. The van der Waals surface area contributed by atoms with Gasteiger partial charge >= 0.3 is 0 Å². The Hall–Kier alpha value is -1.52. The lowest BCUT2D eigenvalue weighted by Crippen LogP contribution is -2.25. The Morgan fingerprint density at radius 2 is 2.05 bits per heavy atom. The Labute approximate surface area is 122 Å². The predicted molar refractivity (Wildman–Crippen MR) is 80.9 cm³/mol. The zero-order valence-corrected chi connectivity index (χ0v) is 12.8. The number of rotatable bonds is 5. The van der Waals surface area contributed by atoms with Crippen LogP contribution >= 0.6 is 11.3 Å². The molecule has 2 aromatic rings. The van der Waals surface area contributed by atoms with E-state index in [2.05, 4.69) is 0 Å². The van der Waals surface area contributed by atoms with E-state index in [1.807, 2.05) is 37.9 Å². The van der Waals surface area contributed by atoms with Crippen LogP contribution in [0.2, 0.25) is 0 Å². The Morgan fingerprint density at radius 1 is 1.30 bits per heavy atom. The lowest BCUT2D eigenvalue weighted by Gasteiger charge is -2.15. The van der Waals surface area contributed by atoms with Crippen LogP contribution in [0.1, 0.15) is 25.7 Å². The highest BCUT2D eigenvalue weighted by Gasteiger charge is 2.14. The number of nitrogens with zero attached hydrogens (tertiary/aromatic N) is 1. The summed E-state index contributed by atoms with van der Waals surface area (Å²) < 4.78 is 13.1. The van der Waals surface area contributed by atoms with Crippen molar-refractivity contribution >= 4 is 17.1 Å². The van der Waals surface area contributed by atoms with Gasteiger partial charge in [-0.2, -0.15) is 0 Å². The van der Waals surface area contributed by atoms with Gasteiger partial charge < -0.3 is 0 Å². The van der Waals surface area contributed by atoms with Crippen molar-refractivity contribution in [1.82, 2.24) is 4.90 Å². The molecular formula is C16H18FNOS. The summed E-state index contributed by atoms with van der Waals surface area (Å²) in [4.78, 5) is 16.4. The van der Waals surface area contributed by atoms with Gasteiger partial charge in [0.05, 0.1) is 6.54 Å². The molecule has 0 atom stereocenters. The van der Waals surface area contributed by atoms with Gasteiger partial charge in [-0.3, -0.25) is 9.69 Å². The van der Waals surface area contributed by atoms with E-state index in [0.29, 0.717) is 13.1 Å². The molecule has 0 N–H and O–H groups in total. The molecule has 0 bridgehead atoms. The number of aryl methyl sites for hydroxylation is 2. The molecule has 1 aromatic carbocycles. The van der Waals surface area contributed by atoms with Crippen LogP contribution < -0.4 is 0 Å². The Balaban J connectivity index is 1.99. The summed E-state index contributed by atoms with van der Waals surface area (Å²) in [7, 11) is 1.87. The maximum atomic E-state index is 13.1. The molecule has 0 aliphatic rings. The third-order valence-electron chi connectivity index (χ3n) is 3.10. The molecule has 4 heteroatoms. The summed E-state index contributed by atoms with van der Waals surface area (Å²) in [6.07, 6.45) is 0. The van der Waals surface area contributed by atoms with Crippen LogP contribution in [0.25, 0.3) is 0 Å². The van der Waals surface area contributed by atoms with Crippen molar-refractivity contribution in [3.8, 4) is 0 Å². The summed E-state index contributed by atoms with van der Waals surface area (Å²) in [5.41, 5.74) is 1.68. The first-order valence-electron chi connectivity index (χ1n) is 6.49. The highest BCUT2D eigenvalue weighted by atomic mass is 32.1. The number of ketones is 1. The number of likely N-dealkylation sites (N-methyl/N-ethyl adjacent to an activating group) is 1. The van der Waals surface area contributed by atoms with E-state index < -0.39 is 0 Å². The molecule has 0 saturated heterocycles. The minimum atomic E-state index is -0.244. The smallest absolute Gasteiger partial charge is 0.177 e. The number of hydrogen-bond acceptors (Lipinski definition) is 3. The molecule has 1 aromatic heterocycles. The topological polar surface area (TPSA) is 20.3 Å². The Bertz CT molecular complexity index is 621. The van der Waals surface area contributed by atoms with Gasteiger partial charge in [-0.05, 0) is 44.7 Å². The minimum absolute atomic E-state index is 0.116. The van der Waals surface area contributed by atoms with Crippen molar-refractivity contribution in [2.24, 2.45) is 0 Å². The first-order chi connectivity index (χ1) is 9.45. The second kappa shape index (κ2) is 6.29. The molecule has 0 unspecified atom stereocenters. The van der Waals surface area contributed by atoms with Gasteiger partial charge in [0.2, 0.25) is 0 Å². The number of carbonyl (C=O) groups excluding carboxylic acids is 1. The van der Waals surface area contributed by atoms with Crippen LogP contribution in [-0.2, 0) is 6.54 Å². The zero-order valence-electron chi connectivity index (χ0n) is 11.9. The number of Topliss-reactive ketones (excluding diaryl/α,β-unsaturated/α-hetero) is 1. The van der Waals surface area contributed by atoms with Crippen LogP contribution in [0.5, 0.6) is 0 Å². The average Bonchev–Trinajstić information content (AvgIpc) is 2.68. The first-order valence-corrected chi connectivity index (χ1v) is 7.30. The third-order valence-corrected chi connectivity index (χ3v) is 4.06. The van der Waals surface area contributed by atoms with Crippen LogP contribution in [-0.4, -0.2) is 24.3 Å². The zero-order chi connectivity index (χ0) is 14.7. The molecule has 0 fully saturated rings. The van der Waals surface area contributed by atoms with Crippen molar-refractivity contribution in [3.63, 3.8) is 0 Å². The molecule has 0 spiro atoms. The van der Waals surface area contributed by atoms with Crippen LogP contribution in [0.4, 0.5) is 4.39 Å². The molecule has 0 saturated carbocycles. The minimum Gasteiger partial charge on any atom is -0.295 e. The highest BCUT2D eigenvalue weighted by molar-refractivity contribution is 7.12. The molecule has 2 nitrogen and oxygen atoms in total. The van der Waals surface area contributed by atoms with Crippen LogP contribution in [0, 0.1) is 19.7 Å². The van der Waals surface area contributed by atoms with Gasteiger partial charge in [0.15, 0.2) is 5.78 Å². The van der Waals surface area contributed by atoms with Gasteiger partial charge in [-0.25, -0.2) is 4.39 Å². The summed E-state index contributed by atoms with van der Waals surface area (Å²) in [6, 6.07) is 8.42. The van der Waals surface area contributed by atoms with Crippen molar-refractivity contribution in [3.05, 3.63) is 57.0 Å². The fourth-order valence-electron chi connectivity index (χ4n) is 2.24. The molecular weight excluding hydrogens is 273 g/mol. The lowest BCUT2D eigenvalue weighted by molar-refractivity contribution is 0.0943. The quantitative estimate of drug-likeness (QED) is 0.781. The van der Waals surface area contributed by atoms with Crippen molar-refractivity contribution in [1.29, 1.82) is 0 Å². The first kappa shape index (κ1) is 14.9. The molecule has 0 amide bonds. The number of thiophene rings is 1. The summed E-state index contributed by atoms with van der Waals surface area (Å²) in [5, 5.41) is 0. The molecule has 0 aliphatic heterocycles. The fourth-order valence-corrected chi connectivity index (χ4v) is 3.18. The van der Waals surface area contributed by atoms with Gasteiger partial charge in [0, 0.05) is 21.9 Å². The number of benzene rings is 1. The summed E-state index contributed by atoms with van der Waals surface area (Å²) in [6.45, 7) is 4.88. The van der Waals surface area contributed by atoms with Crippen molar-refractivity contribution < 1.29 is 9.18 Å². The van der Waals surface area contributed by atoms with Gasteiger partial charge in [-0.15, -0.1) is 11.3 Å². The second-order valence-electron chi connectivity index (χ2n) is 5.05. The predicted octanol–water partition coefficient (Wildman–Crippen LogP) is 3.82. The van der Waals surface area contributed by atoms with Crippen LogP contribution in [0.3, 0.4) is 0 Å². The van der Waals surface area contributed by atoms with Crippen molar-refractivity contribution in [2.45, 2.75) is 20.4 Å². The average molecular weight is 291 g/mol. The van der Waals surface area contributed by atoms with E-state index in [1.54, 1.807) is 17.4 Å². The van der Waals surface area contributed by atoms with E-state index in [9.17, 15) is 9.18 Å². The van der Waals surface area contributed by atoms with Crippen LogP contribution in [0.15, 0.2) is 30.3 Å².